The summed E-state index contributed by atoms with van der Waals surface area (Å²) < 4.78 is 1.57. The Kier molecular flexibility index (Phi) is 6.08. The van der Waals surface area contributed by atoms with Gasteiger partial charge in [-0.3, -0.25) is 4.79 Å². The van der Waals surface area contributed by atoms with Gasteiger partial charge < -0.3 is 15.1 Å². The second-order valence-corrected chi connectivity index (χ2v) is 8.03. The number of hydrogen-bond acceptors (Lipinski definition) is 4. The minimum atomic E-state index is -0.424. The maximum atomic E-state index is 13.1. The van der Waals surface area contributed by atoms with Gasteiger partial charge in [-0.2, -0.15) is 5.10 Å². The Morgan fingerprint density at radius 1 is 0.969 bits per heavy atom. The van der Waals surface area contributed by atoms with Crippen molar-refractivity contribution in [3.8, 4) is 28.4 Å². The lowest BCUT2D eigenvalue weighted by Crippen LogP contribution is -2.26. The number of carbonyl (C=O) groups is 1. The van der Waals surface area contributed by atoms with Crippen LogP contribution in [0.1, 0.15) is 15.9 Å². The topological polar surface area (TPSA) is 78.6 Å². The van der Waals surface area contributed by atoms with Crippen molar-refractivity contribution in [2.75, 3.05) is 7.05 Å². The van der Waals surface area contributed by atoms with Crippen LogP contribution < -0.4 is 0 Å². The van der Waals surface area contributed by atoms with E-state index >= 15 is 0 Å². The van der Waals surface area contributed by atoms with Gasteiger partial charge in [-0.1, -0.05) is 53.5 Å². The molecule has 0 aliphatic rings. The molecule has 3 aromatic carbocycles. The molecule has 0 atom stereocenters. The smallest absolute Gasteiger partial charge is 0.257 e. The quantitative estimate of drug-likeness (QED) is 0.404. The van der Waals surface area contributed by atoms with Gasteiger partial charge in [-0.05, 0) is 35.9 Å². The summed E-state index contributed by atoms with van der Waals surface area (Å²) in [5.41, 5.74) is 2.28. The van der Waals surface area contributed by atoms with Crippen molar-refractivity contribution in [2.24, 2.45) is 0 Å². The van der Waals surface area contributed by atoms with Gasteiger partial charge in [-0.15, -0.1) is 0 Å². The molecule has 0 unspecified atom stereocenters. The average Bonchev–Trinajstić information content (AvgIpc) is 3.24. The molecule has 0 saturated carbocycles. The maximum absolute atomic E-state index is 13.1. The van der Waals surface area contributed by atoms with Gasteiger partial charge in [0.05, 0.1) is 28.2 Å². The van der Waals surface area contributed by atoms with Crippen LogP contribution in [0.5, 0.6) is 11.5 Å². The molecule has 4 rings (SSSR count). The Labute approximate surface area is 194 Å². The Balaban J connectivity index is 1.72. The zero-order chi connectivity index (χ0) is 22.8. The molecule has 0 fully saturated rings. The van der Waals surface area contributed by atoms with Crippen molar-refractivity contribution in [1.29, 1.82) is 0 Å². The summed E-state index contributed by atoms with van der Waals surface area (Å²) in [6, 6.07) is 18.7. The van der Waals surface area contributed by atoms with Crippen molar-refractivity contribution in [1.82, 2.24) is 14.7 Å². The van der Waals surface area contributed by atoms with E-state index in [2.05, 4.69) is 5.10 Å². The number of hydrogen-bond donors (Lipinski definition) is 2. The van der Waals surface area contributed by atoms with Gasteiger partial charge >= 0.3 is 0 Å². The third kappa shape index (κ3) is 4.15. The predicted molar refractivity (Wildman–Crippen MR) is 125 cm³/mol. The zero-order valence-electron chi connectivity index (χ0n) is 17.0. The third-order valence-electron chi connectivity index (χ3n) is 5.06. The summed E-state index contributed by atoms with van der Waals surface area (Å²) in [6.07, 6.45) is 1.57. The van der Waals surface area contributed by atoms with E-state index < -0.39 is 5.91 Å². The van der Waals surface area contributed by atoms with Crippen LogP contribution in [-0.4, -0.2) is 37.8 Å². The Hall–Kier alpha value is -3.48. The number of nitrogens with zero attached hydrogens (tertiary/aromatic N) is 3. The molecule has 0 saturated heterocycles. The second kappa shape index (κ2) is 8.94. The summed E-state index contributed by atoms with van der Waals surface area (Å²) in [5, 5.41) is 26.3. The zero-order valence-corrected chi connectivity index (χ0v) is 18.5. The van der Waals surface area contributed by atoms with Crippen LogP contribution in [0.2, 0.25) is 10.0 Å². The molecular weight excluding hydrogens is 449 g/mol. The van der Waals surface area contributed by atoms with E-state index in [1.54, 1.807) is 48.3 Å². The van der Waals surface area contributed by atoms with Crippen LogP contribution >= 0.6 is 23.2 Å². The molecular formula is C24H19Cl2N3O3. The van der Waals surface area contributed by atoms with E-state index in [1.165, 1.54) is 11.0 Å². The monoisotopic (exact) mass is 467 g/mol. The molecule has 1 aromatic heterocycles. The number of phenols is 2. The highest BCUT2D eigenvalue weighted by atomic mass is 35.5. The highest BCUT2D eigenvalue weighted by Gasteiger charge is 2.22. The van der Waals surface area contributed by atoms with Crippen LogP contribution in [0, 0.1) is 0 Å². The van der Waals surface area contributed by atoms with Gasteiger partial charge in [0, 0.05) is 30.2 Å². The number of para-hydroxylation sites is 1. The molecule has 0 aliphatic carbocycles. The van der Waals surface area contributed by atoms with Crippen molar-refractivity contribution < 1.29 is 15.0 Å². The molecule has 0 bridgehead atoms. The number of benzene rings is 3. The molecule has 6 nitrogen and oxygen atoms in total. The van der Waals surface area contributed by atoms with E-state index in [1.807, 2.05) is 24.3 Å². The van der Waals surface area contributed by atoms with Crippen molar-refractivity contribution in [2.45, 2.75) is 6.54 Å². The highest BCUT2D eigenvalue weighted by molar-refractivity contribution is 6.32. The van der Waals surface area contributed by atoms with Gasteiger partial charge in [-0.25, -0.2) is 4.68 Å². The lowest BCUT2D eigenvalue weighted by atomic mass is 10.0. The molecule has 0 aliphatic heterocycles. The van der Waals surface area contributed by atoms with E-state index in [-0.39, 0.29) is 23.6 Å². The standard InChI is InChI=1S/C24H19Cl2N3O3/c1-28(14-15-6-2-3-7-18(15)25)24(32)17-12-16(22(30)13-23(17)31)20-10-11-27-29(20)21-9-5-4-8-19(21)26/h2-13,30-31H,14H2,1H3. The largest absolute Gasteiger partial charge is 0.507 e. The van der Waals surface area contributed by atoms with E-state index in [4.69, 9.17) is 23.2 Å². The van der Waals surface area contributed by atoms with Crippen LogP contribution in [-0.2, 0) is 6.54 Å². The van der Waals surface area contributed by atoms with Gasteiger partial charge in [0.1, 0.15) is 11.5 Å². The predicted octanol–water partition coefficient (Wildman–Crippen LogP) is 5.53. The number of aromatic nitrogens is 2. The molecule has 162 valence electrons. The molecule has 0 radical (unpaired) electrons. The van der Waals surface area contributed by atoms with Crippen molar-refractivity contribution in [3.05, 3.63) is 94.1 Å². The van der Waals surface area contributed by atoms with Crippen molar-refractivity contribution in [3.63, 3.8) is 0 Å². The minimum Gasteiger partial charge on any atom is -0.507 e. The van der Waals surface area contributed by atoms with Gasteiger partial charge in [0.25, 0.3) is 5.91 Å². The molecule has 32 heavy (non-hydrogen) atoms. The van der Waals surface area contributed by atoms with Crippen molar-refractivity contribution >= 4 is 29.1 Å². The number of aromatic hydroxyl groups is 2. The number of amides is 1. The number of carbonyl (C=O) groups excluding carboxylic acids is 1. The fourth-order valence-corrected chi connectivity index (χ4v) is 3.85. The van der Waals surface area contributed by atoms with Crippen LogP contribution in [0.25, 0.3) is 16.9 Å². The Morgan fingerprint density at radius 3 is 2.38 bits per heavy atom. The molecule has 2 N–H and O–H groups in total. The summed E-state index contributed by atoms with van der Waals surface area (Å²) in [6.45, 7) is 0.256. The maximum Gasteiger partial charge on any atom is 0.257 e. The first kappa shape index (κ1) is 21.7. The highest BCUT2D eigenvalue weighted by Crippen LogP contribution is 2.37. The molecule has 8 heteroatoms. The number of rotatable bonds is 5. The Morgan fingerprint density at radius 2 is 1.66 bits per heavy atom. The summed E-state index contributed by atoms with van der Waals surface area (Å²) in [4.78, 5) is 14.6. The second-order valence-electron chi connectivity index (χ2n) is 7.22. The molecule has 1 heterocycles. The summed E-state index contributed by atoms with van der Waals surface area (Å²) in [5.74, 6) is -0.944. The SMILES string of the molecule is CN(Cc1ccccc1Cl)C(=O)c1cc(-c2ccnn2-c2ccccc2Cl)c(O)cc1O. The third-order valence-corrected chi connectivity index (χ3v) is 5.74. The van der Waals surface area contributed by atoms with Gasteiger partial charge in [0.2, 0.25) is 0 Å². The van der Waals surface area contributed by atoms with Crippen LogP contribution in [0.3, 0.4) is 0 Å². The fraction of sp³-hybridized carbons (Fsp3) is 0.0833. The number of halogens is 2. The summed E-state index contributed by atoms with van der Waals surface area (Å²) >= 11 is 12.5. The molecule has 4 aromatic rings. The molecule has 1 amide bonds. The number of phenolic OH excluding ortho intramolecular Hbond substituents is 2. The van der Waals surface area contributed by atoms with Crippen LogP contribution in [0.15, 0.2) is 72.9 Å². The lowest BCUT2D eigenvalue weighted by Gasteiger charge is -2.20. The van der Waals surface area contributed by atoms with E-state index in [0.29, 0.717) is 27.0 Å². The first-order chi connectivity index (χ1) is 15.4. The van der Waals surface area contributed by atoms with E-state index in [0.717, 1.165) is 11.6 Å². The lowest BCUT2D eigenvalue weighted by molar-refractivity contribution is 0.0782. The first-order valence-corrected chi connectivity index (χ1v) is 10.5. The molecule has 0 spiro atoms. The average molecular weight is 468 g/mol. The normalized spacial score (nSPS) is 10.8. The minimum absolute atomic E-state index is 0.0410. The first-order valence-electron chi connectivity index (χ1n) is 9.71. The van der Waals surface area contributed by atoms with Crippen LogP contribution in [0.4, 0.5) is 0 Å². The van der Waals surface area contributed by atoms with E-state index in [9.17, 15) is 15.0 Å². The fourth-order valence-electron chi connectivity index (χ4n) is 3.44. The van der Waals surface area contributed by atoms with Gasteiger partial charge in [0.15, 0.2) is 0 Å². The Bertz CT molecular complexity index is 1300. The summed E-state index contributed by atoms with van der Waals surface area (Å²) in [7, 11) is 1.62.